The number of aromatic nitrogens is 1. The maximum atomic E-state index is 5.43. The van der Waals surface area contributed by atoms with Gasteiger partial charge in [0.05, 0.1) is 12.3 Å². The van der Waals surface area contributed by atoms with Crippen molar-refractivity contribution in [2.24, 2.45) is 5.73 Å². The Morgan fingerprint density at radius 3 is 3.27 bits per heavy atom. The first kappa shape index (κ1) is 6.61. The molecule has 0 atom stereocenters. The molecule has 0 bridgehead atoms. The normalized spacial score (nSPS) is 14.3. The molecule has 0 spiro atoms. The first-order chi connectivity index (χ1) is 5.40. The lowest BCUT2D eigenvalue weighted by molar-refractivity contribution is 0.344. The molecule has 2 rings (SSSR count). The Bertz CT molecular complexity index is 273. The van der Waals surface area contributed by atoms with Crippen molar-refractivity contribution in [3.05, 3.63) is 23.4 Å². The average Bonchev–Trinajstić information content (AvgIpc) is 2.50. The van der Waals surface area contributed by atoms with Crippen molar-refractivity contribution in [3.63, 3.8) is 0 Å². The van der Waals surface area contributed by atoms with Gasteiger partial charge in [-0.05, 0) is 6.07 Å². The van der Waals surface area contributed by atoms with E-state index in [9.17, 15) is 0 Å². The lowest BCUT2D eigenvalue weighted by Crippen LogP contribution is -1.99. The van der Waals surface area contributed by atoms with Crippen LogP contribution in [0.4, 0.5) is 0 Å². The van der Waals surface area contributed by atoms with Crippen LogP contribution in [0.1, 0.15) is 11.3 Å². The van der Waals surface area contributed by atoms with Crippen LogP contribution in [-0.2, 0) is 13.0 Å². The van der Waals surface area contributed by atoms with Crippen molar-refractivity contribution in [2.45, 2.75) is 13.0 Å². The maximum Gasteiger partial charge on any atom is 0.216 e. The minimum absolute atomic E-state index is 0.483. The highest BCUT2D eigenvalue weighted by molar-refractivity contribution is 5.31. The van der Waals surface area contributed by atoms with Gasteiger partial charge in [0.1, 0.15) is 0 Å². The van der Waals surface area contributed by atoms with Gasteiger partial charge < -0.3 is 10.5 Å². The van der Waals surface area contributed by atoms with Gasteiger partial charge in [0.2, 0.25) is 5.88 Å². The highest BCUT2D eigenvalue weighted by atomic mass is 16.5. The summed E-state index contributed by atoms with van der Waals surface area (Å²) in [5.41, 5.74) is 7.52. The Morgan fingerprint density at radius 1 is 1.55 bits per heavy atom. The maximum absolute atomic E-state index is 5.43. The van der Waals surface area contributed by atoms with E-state index in [1.165, 1.54) is 5.56 Å². The largest absolute Gasteiger partial charge is 0.477 e. The summed E-state index contributed by atoms with van der Waals surface area (Å²) in [5.74, 6) is 0.771. The summed E-state index contributed by atoms with van der Waals surface area (Å²) >= 11 is 0. The van der Waals surface area contributed by atoms with Crippen molar-refractivity contribution < 1.29 is 4.74 Å². The van der Waals surface area contributed by atoms with Crippen LogP contribution in [0.25, 0.3) is 0 Å². The molecule has 0 saturated heterocycles. The van der Waals surface area contributed by atoms with Crippen LogP contribution in [0.5, 0.6) is 5.88 Å². The van der Waals surface area contributed by atoms with E-state index in [0.717, 1.165) is 24.6 Å². The molecule has 1 aromatic rings. The number of rotatable bonds is 1. The third-order valence-corrected chi connectivity index (χ3v) is 1.82. The van der Waals surface area contributed by atoms with Crippen LogP contribution in [-0.4, -0.2) is 11.6 Å². The highest BCUT2D eigenvalue weighted by Gasteiger charge is 2.12. The number of nitrogens with zero attached hydrogens (tertiary/aromatic N) is 1. The van der Waals surface area contributed by atoms with Crippen LogP contribution in [0.15, 0.2) is 12.1 Å². The van der Waals surface area contributed by atoms with Crippen molar-refractivity contribution in [2.75, 3.05) is 6.61 Å². The zero-order chi connectivity index (χ0) is 7.68. The Hall–Kier alpha value is -1.09. The van der Waals surface area contributed by atoms with Crippen LogP contribution >= 0.6 is 0 Å². The van der Waals surface area contributed by atoms with Gasteiger partial charge in [0.25, 0.3) is 0 Å². The highest BCUT2D eigenvalue weighted by Crippen LogP contribution is 2.21. The lowest BCUT2D eigenvalue weighted by Gasteiger charge is -1.99. The molecule has 0 unspecified atom stereocenters. The SMILES string of the molecule is NCc1ccc2c(n1)OCC2. The fraction of sp³-hybridized carbons (Fsp3) is 0.375. The predicted octanol–water partition coefficient (Wildman–Crippen LogP) is 0.475. The molecule has 2 heterocycles. The van der Waals surface area contributed by atoms with Gasteiger partial charge in [-0.25, -0.2) is 4.98 Å². The van der Waals surface area contributed by atoms with Gasteiger partial charge in [-0.2, -0.15) is 0 Å². The third kappa shape index (κ3) is 1.07. The fourth-order valence-corrected chi connectivity index (χ4v) is 1.19. The first-order valence-corrected chi connectivity index (χ1v) is 3.72. The molecule has 3 nitrogen and oxygen atoms in total. The van der Waals surface area contributed by atoms with Gasteiger partial charge in [-0.3, -0.25) is 0 Å². The second-order valence-corrected chi connectivity index (χ2v) is 2.57. The molecule has 2 N–H and O–H groups in total. The number of pyridine rings is 1. The van der Waals surface area contributed by atoms with Crippen molar-refractivity contribution in [3.8, 4) is 5.88 Å². The minimum Gasteiger partial charge on any atom is -0.477 e. The van der Waals surface area contributed by atoms with Gasteiger partial charge in [0, 0.05) is 18.5 Å². The van der Waals surface area contributed by atoms with Gasteiger partial charge >= 0.3 is 0 Å². The van der Waals surface area contributed by atoms with E-state index < -0.39 is 0 Å². The predicted molar refractivity (Wildman–Crippen MR) is 41.3 cm³/mol. The third-order valence-electron chi connectivity index (χ3n) is 1.82. The Morgan fingerprint density at radius 2 is 2.45 bits per heavy atom. The van der Waals surface area contributed by atoms with E-state index in [0.29, 0.717) is 6.54 Å². The summed E-state index contributed by atoms with van der Waals surface area (Å²) < 4.78 is 5.27. The van der Waals surface area contributed by atoms with E-state index in [1.54, 1.807) is 0 Å². The lowest BCUT2D eigenvalue weighted by atomic mass is 10.2. The number of fused-ring (bicyclic) bond motifs is 1. The molecular weight excluding hydrogens is 140 g/mol. The molecule has 0 amide bonds. The van der Waals surface area contributed by atoms with E-state index in [-0.39, 0.29) is 0 Å². The minimum atomic E-state index is 0.483. The average molecular weight is 150 g/mol. The zero-order valence-corrected chi connectivity index (χ0v) is 6.21. The topological polar surface area (TPSA) is 48.1 Å². The van der Waals surface area contributed by atoms with Crippen molar-refractivity contribution >= 4 is 0 Å². The molecule has 0 fully saturated rings. The second kappa shape index (κ2) is 2.51. The Kier molecular flexibility index (Phi) is 1.51. The molecule has 11 heavy (non-hydrogen) atoms. The number of nitrogens with two attached hydrogens (primary N) is 1. The van der Waals surface area contributed by atoms with Crippen molar-refractivity contribution in [1.29, 1.82) is 0 Å². The Balaban J connectivity index is 2.41. The fourth-order valence-electron chi connectivity index (χ4n) is 1.19. The van der Waals surface area contributed by atoms with Gasteiger partial charge in [0.15, 0.2) is 0 Å². The molecule has 58 valence electrons. The van der Waals surface area contributed by atoms with E-state index >= 15 is 0 Å². The van der Waals surface area contributed by atoms with E-state index in [2.05, 4.69) is 4.98 Å². The zero-order valence-electron chi connectivity index (χ0n) is 6.21. The Labute approximate surface area is 65.2 Å². The molecule has 1 aliphatic rings. The molecule has 0 saturated carbocycles. The molecule has 0 aromatic carbocycles. The molecule has 0 aliphatic carbocycles. The summed E-state index contributed by atoms with van der Waals surface area (Å²) in [6, 6.07) is 3.99. The van der Waals surface area contributed by atoms with Gasteiger partial charge in [-0.15, -0.1) is 0 Å². The van der Waals surface area contributed by atoms with Crippen LogP contribution in [0, 0.1) is 0 Å². The van der Waals surface area contributed by atoms with E-state index in [4.69, 9.17) is 10.5 Å². The standard InChI is InChI=1S/C8H10N2O/c9-5-7-2-1-6-3-4-11-8(6)10-7/h1-2H,3-5,9H2. The summed E-state index contributed by atoms with van der Waals surface area (Å²) in [4.78, 5) is 4.22. The van der Waals surface area contributed by atoms with Gasteiger partial charge in [-0.1, -0.05) is 6.07 Å². The molecule has 1 aliphatic heterocycles. The molecular formula is C8H10N2O. The summed E-state index contributed by atoms with van der Waals surface area (Å²) in [6.07, 6.45) is 0.979. The van der Waals surface area contributed by atoms with Crippen LogP contribution in [0.2, 0.25) is 0 Å². The molecule has 3 heteroatoms. The van der Waals surface area contributed by atoms with Crippen molar-refractivity contribution in [1.82, 2.24) is 4.98 Å². The van der Waals surface area contributed by atoms with Crippen LogP contribution in [0.3, 0.4) is 0 Å². The number of hydrogen-bond donors (Lipinski definition) is 1. The van der Waals surface area contributed by atoms with Crippen LogP contribution < -0.4 is 10.5 Å². The summed E-state index contributed by atoms with van der Waals surface area (Å²) in [6.45, 7) is 1.24. The molecule has 1 aromatic heterocycles. The first-order valence-electron chi connectivity index (χ1n) is 3.72. The monoisotopic (exact) mass is 150 g/mol. The number of hydrogen-bond acceptors (Lipinski definition) is 3. The second-order valence-electron chi connectivity index (χ2n) is 2.57. The smallest absolute Gasteiger partial charge is 0.216 e. The molecule has 0 radical (unpaired) electrons. The number of ether oxygens (including phenoxy) is 1. The quantitative estimate of drug-likeness (QED) is 0.633. The van der Waals surface area contributed by atoms with E-state index in [1.807, 2.05) is 12.1 Å². The summed E-state index contributed by atoms with van der Waals surface area (Å²) in [7, 11) is 0. The summed E-state index contributed by atoms with van der Waals surface area (Å²) in [5, 5.41) is 0.